The number of aromatic amines is 1. The summed E-state index contributed by atoms with van der Waals surface area (Å²) in [5, 5.41) is 2.77. The van der Waals surface area contributed by atoms with Gasteiger partial charge < -0.3 is 5.32 Å². The number of sulfonamides is 1. The Bertz CT molecular complexity index is 758. The number of carbonyl (C=O) groups is 1. The van der Waals surface area contributed by atoms with Crippen molar-refractivity contribution in [1.82, 2.24) is 19.2 Å². The first-order chi connectivity index (χ1) is 10.3. The molecule has 1 amide bonds. The summed E-state index contributed by atoms with van der Waals surface area (Å²) in [4.78, 5) is 36.4. The minimum atomic E-state index is -3.19. The van der Waals surface area contributed by atoms with Crippen LogP contribution in [0.15, 0.2) is 21.9 Å². The van der Waals surface area contributed by atoms with Crippen LogP contribution in [0.1, 0.15) is 12.8 Å². The number of hydrogen-bond donors (Lipinski definition) is 2. The fourth-order valence-corrected chi connectivity index (χ4v) is 3.20. The highest BCUT2D eigenvalue weighted by atomic mass is 32.2. The third-order valence-electron chi connectivity index (χ3n) is 3.50. The lowest BCUT2D eigenvalue weighted by atomic mass is 10.1. The Morgan fingerprint density at radius 2 is 2.00 bits per heavy atom. The fraction of sp³-hybridized carbons (Fsp3) is 0.583. The molecule has 1 aromatic rings. The zero-order chi connectivity index (χ0) is 16.3. The van der Waals surface area contributed by atoms with Gasteiger partial charge in [0.05, 0.1) is 6.26 Å². The molecule has 1 saturated heterocycles. The van der Waals surface area contributed by atoms with Gasteiger partial charge in [-0.1, -0.05) is 0 Å². The second-order valence-electron chi connectivity index (χ2n) is 5.24. The average molecular weight is 330 g/mol. The van der Waals surface area contributed by atoms with Crippen molar-refractivity contribution >= 4 is 15.9 Å². The lowest BCUT2D eigenvalue weighted by Gasteiger charge is -2.30. The topological polar surface area (TPSA) is 121 Å². The molecule has 10 heteroatoms. The quantitative estimate of drug-likeness (QED) is 0.666. The molecule has 0 aliphatic carbocycles. The molecule has 2 heterocycles. The van der Waals surface area contributed by atoms with Crippen LogP contribution in [0.2, 0.25) is 0 Å². The first kappa shape index (κ1) is 16.4. The maximum absolute atomic E-state index is 11.9. The Hall–Kier alpha value is -1.94. The van der Waals surface area contributed by atoms with E-state index in [1.54, 1.807) is 0 Å². The van der Waals surface area contributed by atoms with E-state index in [2.05, 4.69) is 10.3 Å². The molecule has 0 unspecified atom stereocenters. The monoisotopic (exact) mass is 330 g/mol. The van der Waals surface area contributed by atoms with Gasteiger partial charge >= 0.3 is 5.69 Å². The van der Waals surface area contributed by atoms with Crippen LogP contribution in [0, 0.1) is 0 Å². The highest BCUT2D eigenvalue weighted by Crippen LogP contribution is 2.13. The molecular formula is C12H18N4O5S. The van der Waals surface area contributed by atoms with Crippen LogP contribution in [-0.2, 0) is 21.4 Å². The lowest BCUT2D eigenvalue weighted by molar-refractivity contribution is -0.122. The molecule has 22 heavy (non-hydrogen) atoms. The number of piperidine rings is 1. The van der Waals surface area contributed by atoms with Gasteiger partial charge in [0.1, 0.15) is 6.54 Å². The summed E-state index contributed by atoms with van der Waals surface area (Å²) < 4.78 is 25.3. The molecular weight excluding hydrogens is 312 g/mol. The molecule has 1 aliphatic heterocycles. The highest BCUT2D eigenvalue weighted by Gasteiger charge is 2.25. The first-order valence-electron chi connectivity index (χ1n) is 6.80. The standard InChI is InChI=1S/C12H18N4O5S/c1-22(20,21)16-6-2-9(3-7-16)13-11(18)8-15-5-4-10(17)14-12(15)19/h4-5,9H,2-3,6-8H2,1H3,(H,13,18)(H,14,17,19). The van der Waals surface area contributed by atoms with Crippen LogP contribution in [0.5, 0.6) is 0 Å². The summed E-state index contributed by atoms with van der Waals surface area (Å²) in [6.45, 7) is 0.534. The van der Waals surface area contributed by atoms with Crippen molar-refractivity contribution in [3.05, 3.63) is 33.1 Å². The SMILES string of the molecule is CS(=O)(=O)N1CCC(NC(=O)Cn2ccc(=O)[nH]c2=O)CC1. The van der Waals surface area contributed by atoms with E-state index >= 15 is 0 Å². The van der Waals surface area contributed by atoms with E-state index in [1.165, 1.54) is 16.6 Å². The van der Waals surface area contributed by atoms with E-state index in [0.29, 0.717) is 25.9 Å². The Labute approximate surface area is 127 Å². The predicted octanol–water partition coefficient (Wildman–Crippen LogP) is -1.92. The van der Waals surface area contributed by atoms with E-state index in [1.807, 2.05) is 0 Å². The van der Waals surface area contributed by atoms with Crippen LogP contribution in [0.25, 0.3) is 0 Å². The summed E-state index contributed by atoms with van der Waals surface area (Å²) in [5.74, 6) is -0.355. The number of nitrogens with one attached hydrogen (secondary N) is 2. The smallest absolute Gasteiger partial charge is 0.328 e. The number of H-pyrrole nitrogens is 1. The Kier molecular flexibility index (Phi) is 4.81. The molecule has 2 rings (SSSR count). The third-order valence-corrected chi connectivity index (χ3v) is 4.80. The molecule has 1 aromatic heterocycles. The summed E-state index contributed by atoms with van der Waals surface area (Å²) in [7, 11) is -3.19. The number of rotatable bonds is 4. The molecule has 0 bridgehead atoms. The second-order valence-corrected chi connectivity index (χ2v) is 7.22. The van der Waals surface area contributed by atoms with E-state index in [-0.39, 0.29) is 18.5 Å². The molecule has 1 fully saturated rings. The minimum Gasteiger partial charge on any atom is -0.352 e. The van der Waals surface area contributed by atoms with Gasteiger partial charge in [0, 0.05) is 31.4 Å². The second kappa shape index (κ2) is 6.44. The minimum absolute atomic E-state index is 0.121. The van der Waals surface area contributed by atoms with Gasteiger partial charge in [0.15, 0.2) is 0 Å². The number of nitrogens with zero attached hydrogens (tertiary/aromatic N) is 2. The van der Waals surface area contributed by atoms with Gasteiger partial charge in [-0.3, -0.25) is 19.1 Å². The van der Waals surface area contributed by atoms with Gasteiger partial charge in [-0.15, -0.1) is 0 Å². The van der Waals surface area contributed by atoms with Gasteiger partial charge in [0.2, 0.25) is 15.9 Å². The molecule has 122 valence electrons. The Morgan fingerprint density at radius 3 is 2.55 bits per heavy atom. The van der Waals surface area contributed by atoms with Crippen LogP contribution < -0.4 is 16.6 Å². The zero-order valence-corrected chi connectivity index (χ0v) is 12.9. The van der Waals surface area contributed by atoms with Crippen LogP contribution in [0.3, 0.4) is 0 Å². The highest BCUT2D eigenvalue weighted by molar-refractivity contribution is 7.88. The Morgan fingerprint density at radius 1 is 1.36 bits per heavy atom. The summed E-state index contributed by atoms with van der Waals surface area (Å²) in [6.07, 6.45) is 3.47. The number of amides is 1. The molecule has 0 atom stereocenters. The fourth-order valence-electron chi connectivity index (χ4n) is 2.33. The number of hydrogen-bond acceptors (Lipinski definition) is 5. The largest absolute Gasteiger partial charge is 0.352 e. The van der Waals surface area contributed by atoms with Crippen molar-refractivity contribution in [3.8, 4) is 0 Å². The predicted molar refractivity (Wildman–Crippen MR) is 78.9 cm³/mol. The Balaban J connectivity index is 1.88. The zero-order valence-electron chi connectivity index (χ0n) is 12.1. The third kappa shape index (κ3) is 4.28. The molecule has 0 saturated carbocycles. The van der Waals surface area contributed by atoms with Gasteiger partial charge in [-0.2, -0.15) is 0 Å². The molecule has 0 spiro atoms. The molecule has 9 nitrogen and oxygen atoms in total. The average Bonchev–Trinajstić information content (AvgIpc) is 2.41. The molecule has 2 N–H and O–H groups in total. The van der Waals surface area contributed by atoms with Gasteiger partial charge in [-0.25, -0.2) is 17.5 Å². The number of aromatic nitrogens is 2. The van der Waals surface area contributed by atoms with Crippen molar-refractivity contribution in [1.29, 1.82) is 0 Å². The molecule has 1 aliphatic rings. The van der Waals surface area contributed by atoms with E-state index in [9.17, 15) is 22.8 Å². The van der Waals surface area contributed by atoms with Crippen molar-refractivity contribution in [3.63, 3.8) is 0 Å². The van der Waals surface area contributed by atoms with Crippen LogP contribution in [-0.4, -0.2) is 53.6 Å². The summed E-state index contributed by atoms with van der Waals surface area (Å²) in [5.41, 5.74) is -1.16. The van der Waals surface area contributed by atoms with E-state index in [4.69, 9.17) is 0 Å². The van der Waals surface area contributed by atoms with Gasteiger partial charge in [0.25, 0.3) is 5.56 Å². The normalized spacial score (nSPS) is 17.3. The summed E-state index contributed by atoms with van der Waals surface area (Å²) in [6, 6.07) is 1.04. The van der Waals surface area contributed by atoms with Crippen LogP contribution in [0.4, 0.5) is 0 Å². The molecule has 0 aromatic carbocycles. The van der Waals surface area contributed by atoms with E-state index in [0.717, 1.165) is 10.8 Å². The van der Waals surface area contributed by atoms with Gasteiger partial charge in [-0.05, 0) is 12.8 Å². The van der Waals surface area contributed by atoms with E-state index < -0.39 is 21.3 Å². The number of carbonyl (C=O) groups excluding carboxylic acids is 1. The maximum Gasteiger partial charge on any atom is 0.328 e. The van der Waals surface area contributed by atoms with Crippen molar-refractivity contribution in [2.24, 2.45) is 0 Å². The summed E-state index contributed by atoms with van der Waals surface area (Å²) >= 11 is 0. The lowest BCUT2D eigenvalue weighted by Crippen LogP contribution is -2.47. The first-order valence-corrected chi connectivity index (χ1v) is 8.65. The maximum atomic E-state index is 11.9. The van der Waals surface area contributed by atoms with Crippen molar-refractivity contribution < 1.29 is 13.2 Å². The van der Waals surface area contributed by atoms with Crippen molar-refractivity contribution in [2.75, 3.05) is 19.3 Å². The molecule has 0 radical (unpaired) electrons. The van der Waals surface area contributed by atoms with Crippen LogP contribution >= 0.6 is 0 Å². The van der Waals surface area contributed by atoms with Crippen molar-refractivity contribution in [2.45, 2.75) is 25.4 Å².